The van der Waals surface area contributed by atoms with E-state index in [4.69, 9.17) is 26.2 Å². The number of halogens is 2. The van der Waals surface area contributed by atoms with Crippen LogP contribution in [0, 0.1) is 0 Å². The van der Waals surface area contributed by atoms with E-state index in [0.29, 0.717) is 22.3 Å². The van der Waals surface area contributed by atoms with Crippen LogP contribution in [0.3, 0.4) is 0 Å². The van der Waals surface area contributed by atoms with Crippen LogP contribution in [0.5, 0.6) is 11.5 Å². The number of benzene rings is 2. The van der Waals surface area contributed by atoms with Crippen molar-refractivity contribution in [1.29, 1.82) is 0 Å². The van der Waals surface area contributed by atoms with Crippen molar-refractivity contribution in [2.45, 2.75) is 32.8 Å². The Kier molecular flexibility index (Phi) is 7.20. The number of nitrogens with zero attached hydrogens (tertiary/aromatic N) is 3. The van der Waals surface area contributed by atoms with E-state index in [2.05, 4.69) is 26.0 Å². The van der Waals surface area contributed by atoms with Crippen LogP contribution in [0.25, 0.3) is 10.9 Å². The van der Waals surface area contributed by atoms with Gasteiger partial charge in [-0.1, -0.05) is 41.4 Å². The first-order chi connectivity index (χ1) is 15.1. The van der Waals surface area contributed by atoms with Crippen LogP contribution < -0.4 is 15.0 Å². The summed E-state index contributed by atoms with van der Waals surface area (Å²) in [5.74, 6) is -0.332. The van der Waals surface area contributed by atoms with Gasteiger partial charge in [-0.25, -0.2) is 9.78 Å². The van der Waals surface area contributed by atoms with E-state index in [1.54, 1.807) is 24.3 Å². The number of ether oxygens (including phenoxy) is 2. The number of carboxylic acid groups (broad SMARTS) is 1. The van der Waals surface area contributed by atoms with Crippen LogP contribution >= 0.6 is 27.5 Å². The van der Waals surface area contributed by atoms with E-state index in [0.717, 1.165) is 4.47 Å². The molecule has 0 aliphatic rings. The summed E-state index contributed by atoms with van der Waals surface area (Å²) in [6.45, 7) is 5.24. The highest BCUT2D eigenvalue weighted by atomic mass is 79.9. The summed E-state index contributed by atoms with van der Waals surface area (Å²) < 4.78 is 12.7. The van der Waals surface area contributed by atoms with Crippen molar-refractivity contribution in [2.24, 2.45) is 5.10 Å². The fourth-order valence-corrected chi connectivity index (χ4v) is 3.56. The first-order valence-electron chi connectivity index (χ1n) is 9.66. The highest BCUT2D eigenvalue weighted by Crippen LogP contribution is 2.36. The molecule has 0 amide bonds. The van der Waals surface area contributed by atoms with E-state index >= 15 is 0 Å². The highest BCUT2D eigenvalue weighted by Gasteiger charge is 2.19. The average Bonchev–Trinajstić information content (AvgIpc) is 2.74. The van der Waals surface area contributed by atoms with Crippen LogP contribution in [0.1, 0.15) is 38.1 Å². The van der Waals surface area contributed by atoms with Crippen molar-refractivity contribution in [2.75, 3.05) is 7.11 Å². The molecular weight excluding hydrogens is 502 g/mol. The molecule has 0 saturated carbocycles. The Balaban J connectivity index is 2.08. The molecule has 10 heteroatoms. The van der Waals surface area contributed by atoms with Gasteiger partial charge in [-0.3, -0.25) is 4.79 Å². The number of rotatable bonds is 7. The Morgan fingerprint density at radius 1 is 1.28 bits per heavy atom. The molecular formula is C22H21BrClN3O5. The molecule has 0 saturated heterocycles. The van der Waals surface area contributed by atoms with Gasteiger partial charge in [0, 0.05) is 10.4 Å². The molecule has 0 bridgehead atoms. The predicted molar refractivity (Wildman–Crippen MR) is 127 cm³/mol. The zero-order valence-corrected chi connectivity index (χ0v) is 20.1. The summed E-state index contributed by atoms with van der Waals surface area (Å²) in [5, 5.41) is 14.0. The minimum Gasteiger partial charge on any atom is -0.493 e. The third-order valence-electron chi connectivity index (χ3n) is 4.57. The molecule has 0 unspecified atom stereocenters. The van der Waals surface area contributed by atoms with Crippen molar-refractivity contribution >= 4 is 50.6 Å². The molecule has 32 heavy (non-hydrogen) atoms. The molecule has 8 nitrogen and oxygen atoms in total. The summed E-state index contributed by atoms with van der Waals surface area (Å²) in [4.78, 5) is 28.8. The molecule has 1 heterocycles. The maximum absolute atomic E-state index is 13.1. The minimum absolute atomic E-state index is 0.0562. The number of hydrogen-bond donors (Lipinski definition) is 1. The largest absolute Gasteiger partial charge is 0.493 e. The molecule has 1 N–H and O–H groups in total. The number of carbonyl (C=O) groups is 1. The lowest BCUT2D eigenvalue weighted by Crippen LogP contribution is -2.23. The van der Waals surface area contributed by atoms with Crippen molar-refractivity contribution < 1.29 is 19.4 Å². The Morgan fingerprint density at radius 2 is 2.00 bits per heavy atom. The normalized spacial score (nSPS) is 12.5. The van der Waals surface area contributed by atoms with Gasteiger partial charge in [-0.15, -0.1) is 0 Å². The van der Waals surface area contributed by atoms with Crippen LogP contribution in [0.15, 0.2) is 44.7 Å². The van der Waals surface area contributed by atoms with Gasteiger partial charge in [-0.05, 0) is 42.8 Å². The van der Waals surface area contributed by atoms with Crippen molar-refractivity contribution in [3.05, 3.63) is 61.6 Å². The van der Waals surface area contributed by atoms with Gasteiger partial charge >= 0.3 is 5.97 Å². The van der Waals surface area contributed by atoms with E-state index in [9.17, 15) is 9.59 Å². The highest BCUT2D eigenvalue weighted by molar-refractivity contribution is 9.10. The molecule has 0 spiro atoms. The monoisotopic (exact) mass is 521 g/mol. The number of fused-ring (bicyclic) bond motifs is 1. The van der Waals surface area contributed by atoms with Crippen molar-refractivity contribution in [3.8, 4) is 11.5 Å². The Morgan fingerprint density at radius 3 is 2.62 bits per heavy atom. The van der Waals surface area contributed by atoms with E-state index in [1.165, 1.54) is 24.9 Å². The van der Waals surface area contributed by atoms with Gasteiger partial charge in [0.05, 0.1) is 29.2 Å². The summed E-state index contributed by atoms with van der Waals surface area (Å²) in [6, 6.07) is 8.45. The third kappa shape index (κ3) is 4.94. The lowest BCUT2D eigenvalue weighted by Gasteiger charge is -2.16. The summed E-state index contributed by atoms with van der Waals surface area (Å²) in [7, 11) is 1.41. The lowest BCUT2D eigenvalue weighted by atomic mass is 10.2. The minimum atomic E-state index is -1.13. The molecule has 1 aromatic heterocycles. The molecule has 168 valence electrons. The average molecular weight is 523 g/mol. The topological polar surface area (TPSA) is 103 Å². The second kappa shape index (κ2) is 9.70. The number of aromatic nitrogens is 2. The molecule has 1 atom stereocenters. The van der Waals surface area contributed by atoms with Crippen LogP contribution in [0.2, 0.25) is 5.02 Å². The molecule has 0 fully saturated rings. The van der Waals surface area contributed by atoms with Gasteiger partial charge in [0.2, 0.25) is 0 Å². The fraction of sp³-hybridized carbons (Fsp3) is 0.273. The molecule has 0 aliphatic heterocycles. The lowest BCUT2D eigenvalue weighted by molar-refractivity contribution is -0.144. The Bertz CT molecular complexity index is 1270. The van der Waals surface area contributed by atoms with Gasteiger partial charge in [-0.2, -0.15) is 9.78 Å². The van der Waals surface area contributed by atoms with E-state index in [1.807, 2.05) is 19.9 Å². The second-order valence-electron chi connectivity index (χ2n) is 7.28. The summed E-state index contributed by atoms with van der Waals surface area (Å²) in [6.07, 6.45) is 0.341. The fourth-order valence-electron chi connectivity index (χ4n) is 2.93. The molecule has 3 aromatic rings. The predicted octanol–water partition coefficient (Wildman–Crippen LogP) is 4.68. The number of hydrogen-bond acceptors (Lipinski definition) is 6. The van der Waals surface area contributed by atoms with Crippen LogP contribution in [-0.2, 0) is 4.79 Å². The molecule has 0 radical (unpaired) electrons. The van der Waals surface area contributed by atoms with Crippen molar-refractivity contribution in [1.82, 2.24) is 9.66 Å². The summed E-state index contributed by atoms with van der Waals surface area (Å²) in [5.41, 5.74) is 0.815. The third-order valence-corrected chi connectivity index (χ3v) is 5.34. The molecule has 0 aliphatic carbocycles. The van der Waals surface area contributed by atoms with Gasteiger partial charge in [0.1, 0.15) is 5.82 Å². The maximum atomic E-state index is 13.1. The quantitative estimate of drug-likeness (QED) is 0.452. The first-order valence-corrected chi connectivity index (χ1v) is 10.8. The van der Waals surface area contributed by atoms with Crippen LogP contribution in [0.4, 0.5) is 0 Å². The Labute approximate surface area is 197 Å². The number of carboxylic acids is 1. The summed E-state index contributed by atoms with van der Waals surface area (Å²) >= 11 is 9.69. The molecule has 3 rings (SSSR count). The maximum Gasteiger partial charge on any atom is 0.344 e. The van der Waals surface area contributed by atoms with Crippen molar-refractivity contribution in [3.63, 3.8) is 0 Å². The van der Waals surface area contributed by atoms with Gasteiger partial charge in [0.25, 0.3) is 5.56 Å². The SMILES string of the molecule is COc1cc(C=Nn2c(C(C)C)nc3ccc(Br)cc3c2=O)cc(Cl)c1O[C@@H](C)C(=O)O. The number of aliphatic carboxylic acids is 1. The molecule has 2 aromatic carbocycles. The second-order valence-corrected chi connectivity index (χ2v) is 8.60. The Hall–Kier alpha value is -2.91. The van der Waals surface area contributed by atoms with Gasteiger partial charge < -0.3 is 14.6 Å². The standard InChI is InChI=1S/C22H21BrClN3O5/c1-11(2)20-26-17-6-5-14(23)9-15(17)21(28)27(20)25-10-13-7-16(24)19(18(8-13)31-4)32-12(3)22(29)30/h5-12H,1-4H3,(H,29,30)/t12-/m0/s1. The van der Waals surface area contributed by atoms with E-state index < -0.39 is 12.1 Å². The first kappa shape index (κ1) is 23.7. The van der Waals surface area contributed by atoms with E-state index in [-0.39, 0.29) is 28.0 Å². The smallest absolute Gasteiger partial charge is 0.344 e. The zero-order valence-electron chi connectivity index (χ0n) is 17.8. The number of methoxy groups -OCH3 is 1. The van der Waals surface area contributed by atoms with Crippen LogP contribution in [-0.4, -0.2) is 40.2 Å². The zero-order chi connectivity index (χ0) is 23.6. The van der Waals surface area contributed by atoms with Gasteiger partial charge in [0.15, 0.2) is 17.6 Å².